The molecule has 0 fully saturated rings. The topological polar surface area (TPSA) is 41.9 Å². The molecule has 0 saturated carbocycles. The summed E-state index contributed by atoms with van der Waals surface area (Å²) in [7, 11) is 0. The number of hydrogen-bond donors (Lipinski definition) is 0. The minimum absolute atomic E-state index is 0.252. The Hall–Kier alpha value is -6.47. The van der Waals surface area contributed by atoms with Gasteiger partial charge >= 0.3 is 0 Å². The van der Waals surface area contributed by atoms with Gasteiger partial charge < -0.3 is 4.90 Å². The van der Waals surface area contributed by atoms with Crippen molar-refractivity contribution in [3.8, 4) is 34.2 Å². The van der Waals surface area contributed by atoms with Crippen LogP contribution in [-0.2, 0) is 0 Å². The van der Waals surface area contributed by atoms with Crippen molar-refractivity contribution in [1.29, 1.82) is 0 Å². The van der Waals surface area contributed by atoms with Gasteiger partial charge in [-0.15, -0.1) is 22.7 Å². The molecule has 0 bridgehead atoms. The van der Waals surface area contributed by atoms with E-state index < -0.39 is 0 Å². The molecule has 3 aliphatic rings. The van der Waals surface area contributed by atoms with Crippen molar-refractivity contribution in [3.05, 3.63) is 187 Å². The number of fused-ring (bicyclic) bond motifs is 11. The third-order valence-corrected chi connectivity index (χ3v) is 13.6. The predicted molar refractivity (Wildman–Crippen MR) is 231 cm³/mol. The molecule has 258 valence electrons. The molecule has 0 N–H and O–H groups in total. The van der Waals surface area contributed by atoms with Crippen molar-refractivity contribution >= 4 is 74.4 Å². The summed E-state index contributed by atoms with van der Waals surface area (Å²) in [6.07, 6.45) is 13.5. The molecule has 55 heavy (non-hydrogen) atoms. The number of rotatable bonds is 4. The Kier molecular flexibility index (Phi) is 6.76. The maximum atomic E-state index is 5.29. The molecule has 6 aromatic carbocycles. The lowest BCUT2D eigenvalue weighted by atomic mass is 9.76. The van der Waals surface area contributed by atoms with E-state index in [0.29, 0.717) is 23.4 Å². The molecule has 0 saturated heterocycles. The van der Waals surface area contributed by atoms with E-state index in [2.05, 4.69) is 175 Å². The van der Waals surface area contributed by atoms with Crippen molar-refractivity contribution in [2.24, 2.45) is 5.92 Å². The van der Waals surface area contributed by atoms with Gasteiger partial charge in [-0.05, 0) is 59.7 Å². The minimum Gasteiger partial charge on any atom is -0.313 e. The highest BCUT2D eigenvalue weighted by atomic mass is 32.1. The lowest BCUT2D eigenvalue weighted by molar-refractivity contribution is 0.651. The third kappa shape index (κ3) is 4.78. The van der Waals surface area contributed by atoms with Crippen molar-refractivity contribution in [1.82, 2.24) is 15.0 Å². The number of allylic oxidation sites excluding steroid dienone is 8. The Morgan fingerprint density at radius 3 is 2.13 bits per heavy atom. The standard InChI is InChI=1S/C49H30N4S2/c1-2-14-33-29(11-1)24-26-41-45(33)38-17-3-6-20-40(38)53(41)32-13-9-12-30(27-32)47-50-48(31-23-25-36-34-15-4-7-21-42(34)54-44(36)28-31)52-49(51-47)39-19-10-18-37-35-16-5-8-22-43(35)55-46(37)39/h1-28,33,45H. The van der Waals surface area contributed by atoms with E-state index >= 15 is 0 Å². The minimum atomic E-state index is 0.252. The average molecular weight is 739 g/mol. The second-order valence-electron chi connectivity index (χ2n) is 14.3. The Balaban J connectivity index is 1.04. The van der Waals surface area contributed by atoms with E-state index in [9.17, 15) is 0 Å². The Bertz CT molecular complexity index is 3200. The lowest BCUT2D eigenvalue weighted by Gasteiger charge is -2.31. The van der Waals surface area contributed by atoms with E-state index in [1.807, 2.05) is 11.3 Å². The van der Waals surface area contributed by atoms with Gasteiger partial charge in [-0.25, -0.2) is 15.0 Å². The van der Waals surface area contributed by atoms with Crippen LogP contribution in [0, 0.1) is 5.92 Å². The van der Waals surface area contributed by atoms with Gasteiger partial charge in [0.05, 0.1) is 0 Å². The summed E-state index contributed by atoms with van der Waals surface area (Å²) in [5, 5.41) is 5.01. The summed E-state index contributed by atoms with van der Waals surface area (Å²) in [6, 6.07) is 47.9. The van der Waals surface area contributed by atoms with Crippen LogP contribution in [0.25, 0.3) is 74.5 Å². The molecule has 0 radical (unpaired) electrons. The zero-order valence-electron chi connectivity index (χ0n) is 29.4. The number of nitrogens with zero attached hydrogens (tertiary/aromatic N) is 4. The first-order valence-electron chi connectivity index (χ1n) is 18.6. The lowest BCUT2D eigenvalue weighted by Crippen LogP contribution is -2.21. The highest BCUT2D eigenvalue weighted by Crippen LogP contribution is 2.55. The van der Waals surface area contributed by atoms with Gasteiger partial charge in [0.25, 0.3) is 0 Å². The van der Waals surface area contributed by atoms with Gasteiger partial charge in [-0.2, -0.15) is 0 Å². The highest BCUT2D eigenvalue weighted by Gasteiger charge is 2.41. The van der Waals surface area contributed by atoms with E-state index in [1.54, 1.807) is 11.3 Å². The van der Waals surface area contributed by atoms with Crippen LogP contribution in [-0.4, -0.2) is 15.0 Å². The zero-order valence-corrected chi connectivity index (χ0v) is 31.1. The summed E-state index contributed by atoms with van der Waals surface area (Å²) in [5.41, 5.74) is 9.25. The molecule has 4 nitrogen and oxygen atoms in total. The van der Waals surface area contributed by atoms with Crippen LogP contribution in [0.3, 0.4) is 0 Å². The molecule has 2 atom stereocenters. The summed E-state index contributed by atoms with van der Waals surface area (Å²) in [6.45, 7) is 0. The monoisotopic (exact) mass is 738 g/mol. The zero-order chi connectivity index (χ0) is 36.0. The molecule has 3 aromatic heterocycles. The van der Waals surface area contributed by atoms with Crippen LogP contribution in [0.1, 0.15) is 11.5 Å². The first kappa shape index (κ1) is 30.9. The van der Waals surface area contributed by atoms with E-state index in [-0.39, 0.29) is 5.92 Å². The maximum Gasteiger partial charge on any atom is 0.165 e. The molecule has 2 aliphatic carbocycles. The summed E-state index contributed by atoms with van der Waals surface area (Å²) >= 11 is 3.61. The molecule has 9 aromatic rings. The van der Waals surface area contributed by atoms with Crippen molar-refractivity contribution in [3.63, 3.8) is 0 Å². The van der Waals surface area contributed by atoms with Gasteiger partial charge in [0.1, 0.15) is 0 Å². The third-order valence-electron chi connectivity index (χ3n) is 11.3. The van der Waals surface area contributed by atoms with Crippen molar-refractivity contribution < 1.29 is 0 Å². The normalized spacial score (nSPS) is 17.1. The summed E-state index contributed by atoms with van der Waals surface area (Å²) < 4.78 is 4.94. The molecule has 0 amide bonds. The molecule has 1 aliphatic heterocycles. The van der Waals surface area contributed by atoms with E-state index in [1.165, 1.54) is 62.9 Å². The van der Waals surface area contributed by atoms with Crippen LogP contribution in [0.2, 0.25) is 0 Å². The largest absolute Gasteiger partial charge is 0.313 e. The summed E-state index contributed by atoms with van der Waals surface area (Å²) in [5.74, 6) is 2.56. The molecule has 6 heteroatoms. The first-order valence-corrected chi connectivity index (χ1v) is 20.2. The van der Waals surface area contributed by atoms with Gasteiger partial charge in [0.2, 0.25) is 0 Å². The van der Waals surface area contributed by atoms with Crippen LogP contribution in [0.4, 0.5) is 11.4 Å². The molecular formula is C49H30N4S2. The van der Waals surface area contributed by atoms with Crippen LogP contribution >= 0.6 is 22.7 Å². The molecule has 0 spiro atoms. The smallest absolute Gasteiger partial charge is 0.165 e. The Labute approximate surface area is 325 Å². The van der Waals surface area contributed by atoms with Crippen LogP contribution in [0.15, 0.2) is 181 Å². The second kappa shape index (κ2) is 12.0. The number of anilines is 2. The fraction of sp³-hybridized carbons (Fsp3) is 0.0408. The molecule has 2 unspecified atom stereocenters. The predicted octanol–water partition coefficient (Wildman–Crippen LogP) is 13.4. The fourth-order valence-corrected chi connectivity index (χ4v) is 11.1. The van der Waals surface area contributed by atoms with Gasteiger partial charge in [0, 0.05) is 85.9 Å². The van der Waals surface area contributed by atoms with Crippen molar-refractivity contribution in [2.45, 2.75) is 5.92 Å². The second-order valence-corrected chi connectivity index (χ2v) is 16.5. The van der Waals surface area contributed by atoms with Crippen molar-refractivity contribution in [2.75, 3.05) is 4.90 Å². The van der Waals surface area contributed by atoms with Crippen LogP contribution < -0.4 is 4.90 Å². The molecular weight excluding hydrogens is 709 g/mol. The SMILES string of the molecule is C1=CC2=CC=C3C(c4ccccc4N3c3cccc(-c4nc(-c5ccc6c(c5)sc5ccccc56)nc(-c5cccc6c5sc5ccccc56)n4)c3)C2C=C1. The first-order chi connectivity index (χ1) is 27.2. The quantitative estimate of drug-likeness (QED) is 0.180. The fourth-order valence-electron chi connectivity index (χ4n) is 8.79. The van der Waals surface area contributed by atoms with Gasteiger partial charge in [-0.3, -0.25) is 0 Å². The number of hydrogen-bond acceptors (Lipinski definition) is 6. The summed E-state index contributed by atoms with van der Waals surface area (Å²) in [4.78, 5) is 18.2. The number of thiophene rings is 2. The van der Waals surface area contributed by atoms with E-state index in [0.717, 1.165) is 22.4 Å². The highest BCUT2D eigenvalue weighted by molar-refractivity contribution is 7.26. The Morgan fingerprint density at radius 2 is 1.24 bits per heavy atom. The van der Waals surface area contributed by atoms with Gasteiger partial charge in [0.15, 0.2) is 17.5 Å². The van der Waals surface area contributed by atoms with Crippen LogP contribution in [0.5, 0.6) is 0 Å². The average Bonchev–Trinajstić information content (AvgIpc) is 3.93. The maximum absolute atomic E-state index is 5.29. The molecule has 12 rings (SSSR count). The Morgan fingerprint density at radius 1 is 0.527 bits per heavy atom. The number of para-hydroxylation sites is 1. The molecule has 4 heterocycles. The van der Waals surface area contributed by atoms with E-state index in [4.69, 9.17) is 15.0 Å². The number of benzene rings is 6. The van der Waals surface area contributed by atoms with Gasteiger partial charge in [-0.1, -0.05) is 121 Å². The number of aromatic nitrogens is 3.